The molecule has 0 saturated heterocycles. The minimum atomic E-state index is -0.648. The second kappa shape index (κ2) is 7.53. The molecule has 0 fully saturated rings. The van der Waals surface area contributed by atoms with Crippen molar-refractivity contribution in [1.82, 2.24) is 0 Å². The van der Waals surface area contributed by atoms with Crippen molar-refractivity contribution in [3.8, 4) is 11.5 Å². The molecule has 1 atom stereocenters. The Bertz CT molecular complexity index is 516. The Balaban J connectivity index is 1.90. The number of aliphatic hydroxyl groups excluding tert-OH is 1. The molecule has 2 rings (SSSR count). The Morgan fingerprint density at radius 3 is 2.35 bits per heavy atom. The van der Waals surface area contributed by atoms with E-state index in [9.17, 15) is 5.11 Å². The van der Waals surface area contributed by atoms with E-state index in [1.54, 1.807) is 6.07 Å². The molecule has 0 aliphatic heterocycles. The van der Waals surface area contributed by atoms with Crippen LogP contribution < -0.4 is 15.2 Å². The quantitative estimate of drug-likeness (QED) is 0.811. The van der Waals surface area contributed by atoms with Crippen molar-refractivity contribution in [3.63, 3.8) is 0 Å². The van der Waals surface area contributed by atoms with Crippen LogP contribution in [0.4, 0.5) is 0 Å². The Morgan fingerprint density at radius 2 is 1.65 bits per heavy atom. The van der Waals surface area contributed by atoms with Crippen LogP contribution in [0.3, 0.4) is 0 Å². The summed E-state index contributed by atoms with van der Waals surface area (Å²) in [5.41, 5.74) is 6.22. The van der Waals surface area contributed by atoms with Crippen LogP contribution in [0.1, 0.15) is 11.7 Å². The highest BCUT2D eigenvalue weighted by Crippen LogP contribution is 2.21. The monoisotopic (exact) mass is 273 g/mol. The normalized spacial score (nSPS) is 11.9. The average Bonchev–Trinajstić information content (AvgIpc) is 2.52. The fraction of sp³-hybridized carbons (Fsp3) is 0.250. The predicted molar refractivity (Wildman–Crippen MR) is 77.9 cm³/mol. The summed E-state index contributed by atoms with van der Waals surface area (Å²) in [5.74, 6) is 1.37. The van der Waals surface area contributed by atoms with Crippen molar-refractivity contribution >= 4 is 0 Å². The van der Waals surface area contributed by atoms with Crippen LogP contribution in [-0.4, -0.2) is 24.9 Å². The summed E-state index contributed by atoms with van der Waals surface area (Å²) in [6.45, 7) is 1.14. The van der Waals surface area contributed by atoms with Gasteiger partial charge in [0.25, 0.3) is 0 Å². The first kappa shape index (κ1) is 14.4. The molecule has 2 aromatic rings. The third-order valence-corrected chi connectivity index (χ3v) is 2.78. The van der Waals surface area contributed by atoms with Gasteiger partial charge >= 0.3 is 0 Å². The van der Waals surface area contributed by atoms with Gasteiger partial charge in [-0.3, -0.25) is 0 Å². The first-order valence-electron chi connectivity index (χ1n) is 6.58. The van der Waals surface area contributed by atoms with Gasteiger partial charge in [0.15, 0.2) is 0 Å². The number of hydrogen-bond donors (Lipinski definition) is 2. The molecule has 0 aromatic heterocycles. The Kier molecular flexibility index (Phi) is 5.41. The zero-order chi connectivity index (χ0) is 14.2. The molecule has 0 saturated carbocycles. The summed E-state index contributed by atoms with van der Waals surface area (Å²) in [4.78, 5) is 0. The van der Waals surface area contributed by atoms with Gasteiger partial charge in [-0.2, -0.15) is 0 Å². The lowest BCUT2D eigenvalue weighted by Gasteiger charge is -2.13. The molecule has 4 heteroatoms. The molecule has 0 aliphatic rings. The van der Waals surface area contributed by atoms with Crippen LogP contribution in [0.5, 0.6) is 11.5 Å². The molecule has 0 amide bonds. The van der Waals surface area contributed by atoms with Crippen molar-refractivity contribution in [3.05, 3.63) is 60.2 Å². The molecule has 20 heavy (non-hydrogen) atoms. The zero-order valence-corrected chi connectivity index (χ0v) is 11.2. The number of hydrogen-bond acceptors (Lipinski definition) is 4. The van der Waals surface area contributed by atoms with Crippen molar-refractivity contribution in [2.75, 3.05) is 19.8 Å². The molecule has 106 valence electrons. The van der Waals surface area contributed by atoms with Gasteiger partial charge in [0, 0.05) is 12.6 Å². The van der Waals surface area contributed by atoms with Crippen LogP contribution in [0.25, 0.3) is 0 Å². The lowest BCUT2D eigenvalue weighted by atomic mass is 10.1. The van der Waals surface area contributed by atoms with Crippen LogP contribution in [0.2, 0.25) is 0 Å². The van der Waals surface area contributed by atoms with E-state index in [-0.39, 0.29) is 6.61 Å². The van der Waals surface area contributed by atoms with E-state index in [0.717, 1.165) is 5.56 Å². The highest BCUT2D eigenvalue weighted by Gasteiger charge is 2.08. The molecule has 0 radical (unpaired) electrons. The van der Waals surface area contributed by atoms with Gasteiger partial charge in [-0.25, -0.2) is 0 Å². The maximum absolute atomic E-state index is 10.0. The number of nitrogens with two attached hydrogens (primary N) is 1. The Hall–Kier alpha value is -2.04. The SMILES string of the molecule is NCCOc1cccc(OC[C@@H](O)c2ccccc2)c1. The predicted octanol–water partition coefficient (Wildman–Crippen LogP) is 2.14. The van der Waals surface area contributed by atoms with Crippen LogP contribution in [0.15, 0.2) is 54.6 Å². The summed E-state index contributed by atoms with van der Waals surface area (Å²) >= 11 is 0. The second-order valence-corrected chi connectivity index (χ2v) is 4.35. The molecule has 0 unspecified atom stereocenters. The van der Waals surface area contributed by atoms with Crippen molar-refractivity contribution in [2.24, 2.45) is 5.73 Å². The van der Waals surface area contributed by atoms with Gasteiger partial charge in [0.2, 0.25) is 0 Å². The van der Waals surface area contributed by atoms with Crippen LogP contribution >= 0.6 is 0 Å². The Labute approximate surface area is 118 Å². The van der Waals surface area contributed by atoms with E-state index in [4.69, 9.17) is 15.2 Å². The van der Waals surface area contributed by atoms with Gasteiger partial charge in [-0.15, -0.1) is 0 Å². The average molecular weight is 273 g/mol. The summed E-state index contributed by atoms with van der Waals surface area (Å²) in [5, 5.41) is 10.0. The molecule has 4 nitrogen and oxygen atoms in total. The maximum atomic E-state index is 10.0. The second-order valence-electron chi connectivity index (χ2n) is 4.35. The van der Waals surface area contributed by atoms with E-state index < -0.39 is 6.10 Å². The van der Waals surface area contributed by atoms with Gasteiger partial charge in [-0.05, 0) is 17.7 Å². The van der Waals surface area contributed by atoms with E-state index >= 15 is 0 Å². The lowest BCUT2D eigenvalue weighted by molar-refractivity contribution is 0.108. The van der Waals surface area contributed by atoms with Gasteiger partial charge < -0.3 is 20.3 Å². The number of aliphatic hydroxyl groups is 1. The minimum Gasteiger partial charge on any atom is -0.492 e. The van der Waals surface area contributed by atoms with E-state index in [2.05, 4.69) is 0 Å². The highest BCUT2D eigenvalue weighted by molar-refractivity contribution is 5.33. The molecule has 0 spiro atoms. The summed E-state index contributed by atoms with van der Waals surface area (Å²) in [6.07, 6.45) is -0.648. The van der Waals surface area contributed by atoms with Crippen molar-refractivity contribution < 1.29 is 14.6 Å². The maximum Gasteiger partial charge on any atom is 0.123 e. The summed E-state index contributed by atoms with van der Waals surface area (Å²) < 4.78 is 11.0. The molecule has 3 N–H and O–H groups in total. The number of benzene rings is 2. The van der Waals surface area contributed by atoms with Crippen molar-refractivity contribution in [2.45, 2.75) is 6.10 Å². The standard InChI is InChI=1S/C16H19NO3/c17-9-10-19-14-7-4-8-15(11-14)20-12-16(18)13-5-2-1-3-6-13/h1-8,11,16,18H,9-10,12,17H2/t16-/m1/s1. The largest absolute Gasteiger partial charge is 0.492 e. The highest BCUT2D eigenvalue weighted by atomic mass is 16.5. The molecular weight excluding hydrogens is 254 g/mol. The van der Waals surface area contributed by atoms with E-state index in [1.165, 1.54) is 0 Å². The number of rotatable bonds is 7. The molecule has 2 aromatic carbocycles. The fourth-order valence-electron chi connectivity index (χ4n) is 1.78. The van der Waals surface area contributed by atoms with Crippen molar-refractivity contribution in [1.29, 1.82) is 0 Å². The molecular formula is C16H19NO3. The number of ether oxygens (including phenoxy) is 2. The van der Waals surface area contributed by atoms with Gasteiger partial charge in [0.1, 0.15) is 30.8 Å². The third-order valence-electron chi connectivity index (χ3n) is 2.78. The molecule has 0 aliphatic carbocycles. The van der Waals surface area contributed by atoms with Gasteiger partial charge in [-0.1, -0.05) is 36.4 Å². The summed E-state index contributed by atoms with van der Waals surface area (Å²) in [7, 11) is 0. The third kappa shape index (κ3) is 4.26. The zero-order valence-electron chi connectivity index (χ0n) is 11.2. The molecule has 0 heterocycles. The van der Waals surface area contributed by atoms with Crippen LogP contribution in [0, 0.1) is 0 Å². The smallest absolute Gasteiger partial charge is 0.123 e. The first-order valence-corrected chi connectivity index (χ1v) is 6.58. The summed E-state index contributed by atoms with van der Waals surface area (Å²) in [6, 6.07) is 16.7. The van der Waals surface area contributed by atoms with E-state index in [0.29, 0.717) is 24.7 Å². The lowest BCUT2D eigenvalue weighted by Crippen LogP contribution is -2.11. The van der Waals surface area contributed by atoms with Gasteiger partial charge in [0.05, 0.1) is 0 Å². The topological polar surface area (TPSA) is 64.7 Å². The first-order chi connectivity index (χ1) is 9.79. The minimum absolute atomic E-state index is 0.199. The van der Waals surface area contributed by atoms with E-state index in [1.807, 2.05) is 48.5 Å². The van der Waals surface area contributed by atoms with Crippen LogP contribution in [-0.2, 0) is 0 Å². The molecule has 0 bridgehead atoms. The Morgan fingerprint density at radius 1 is 0.950 bits per heavy atom. The fourth-order valence-corrected chi connectivity index (χ4v) is 1.78.